The van der Waals surface area contributed by atoms with E-state index in [1.54, 1.807) is 23.1 Å². The van der Waals surface area contributed by atoms with E-state index in [4.69, 9.17) is 14.2 Å². The Morgan fingerprint density at radius 1 is 0.966 bits per heavy atom. The number of carbonyl (C=O) groups is 3. The van der Waals surface area contributed by atoms with Crippen LogP contribution in [0.15, 0.2) is 18.2 Å². The van der Waals surface area contributed by atoms with Gasteiger partial charge in [-0.25, -0.2) is 4.79 Å². The van der Waals surface area contributed by atoms with Crippen molar-refractivity contribution in [1.82, 2.24) is 15.8 Å². The first kappa shape index (κ1) is 22.3. The Hall–Kier alpha value is -2.97. The molecule has 0 unspecified atom stereocenters. The maximum Gasteiger partial charge on any atom is 0.410 e. The summed E-state index contributed by atoms with van der Waals surface area (Å²) in [7, 11) is 2.98. The topological polar surface area (TPSA) is 106 Å². The summed E-state index contributed by atoms with van der Waals surface area (Å²) in [6, 6.07) is 4.74. The SMILES string of the molecule is COc1cc(OC)cc(C(=O)NNC(=O)C2CCN(C(=O)OC(C)(C)C)CC2)c1. The maximum atomic E-state index is 12.4. The molecule has 1 heterocycles. The summed E-state index contributed by atoms with van der Waals surface area (Å²) in [5.74, 6) is -0.140. The van der Waals surface area contributed by atoms with Gasteiger partial charge >= 0.3 is 6.09 Å². The van der Waals surface area contributed by atoms with E-state index >= 15 is 0 Å². The Kier molecular flexibility index (Phi) is 7.30. The summed E-state index contributed by atoms with van der Waals surface area (Å²) in [4.78, 5) is 38.4. The van der Waals surface area contributed by atoms with Gasteiger partial charge in [0.25, 0.3) is 5.91 Å². The number of amides is 3. The second-order valence-electron chi connectivity index (χ2n) is 7.79. The van der Waals surface area contributed by atoms with Gasteiger partial charge in [-0.2, -0.15) is 0 Å². The lowest BCUT2D eigenvalue weighted by Crippen LogP contribution is -2.48. The Labute approximate surface area is 170 Å². The summed E-state index contributed by atoms with van der Waals surface area (Å²) >= 11 is 0. The van der Waals surface area contributed by atoms with Crippen LogP contribution in [-0.2, 0) is 9.53 Å². The zero-order chi connectivity index (χ0) is 21.6. The first-order chi connectivity index (χ1) is 13.6. The van der Waals surface area contributed by atoms with Crippen LogP contribution in [0.5, 0.6) is 11.5 Å². The number of carbonyl (C=O) groups excluding carboxylic acids is 3. The summed E-state index contributed by atoms with van der Waals surface area (Å²) in [5, 5.41) is 0. The van der Waals surface area contributed by atoms with Gasteiger partial charge in [0.1, 0.15) is 17.1 Å². The highest BCUT2D eigenvalue weighted by atomic mass is 16.6. The van der Waals surface area contributed by atoms with Gasteiger partial charge in [-0.05, 0) is 45.7 Å². The minimum absolute atomic E-state index is 0.293. The predicted octanol–water partition coefficient (Wildman–Crippen LogP) is 2.11. The molecular formula is C20H29N3O6. The predicted molar refractivity (Wildman–Crippen MR) is 106 cm³/mol. The van der Waals surface area contributed by atoms with Crippen molar-refractivity contribution in [2.24, 2.45) is 5.92 Å². The minimum Gasteiger partial charge on any atom is -0.497 e. The summed E-state index contributed by atoms with van der Waals surface area (Å²) in [6.45, 7) is 6.28. The van der Waals surface area contributed by atoms with Crippen LogP contribution in [0.4, 0.5) is 4.79 Å². The van der Waals surface area contributed by atoms with Gasteiger partial charge in [-0.15, -0.1) is 0 Å². The van der Waals surface area contributed by atoms with Crippen LogP contribution in [-0.4, -0.2) is 55.7 Å². The second kappa shape index (κ2) is 9.49. The number of hydrogen-bond donors (Lipinski definition) is 2. The van der Waals surface area contributed by atoms with E-state index in [0.29, 0.717) is 43.0 Å². The highest BCUT2D eigenvalue weighted by Crippen LogP contribution is 2.22. The first-order valence-corrected chi connectivity index (χ1v) is 9.44. The van der Waals surface area contributed by atoms with E-state index in [1.165, 1.54) is 14.2 Å². The molecule has 1 saturated heterocycles. The van der Waals surface area contributed by atoms with Gasteiger partial charge in [-0.3, -0.25) is 20.4 Å². The molecule has 0 saturated carbocycles. The molecule has 0 spiro atoms. The van der Waals surface area contributed by atoms with E-state index in [9.17, 15) is 14.4 Å². The van der Waals surface area contributed by atoms with Gasteiger partial charge in [-0.1, -0.05) is 0 Å². The summed E-state index contributed by atoms with van der Waals surface area (Å²) < 4.78 is 15.6. The molecule has 29 heavy (non-hydrogen) atoms. The molecular weight excluding hydrogens is 378 g/mol. The molecule has 1 aromatic carbocycles. The van der Waals surface area contributed by atoms with Crippen LogP contribution >= 0.6 is 0 Å². The molecule has 9 nitrogen and oxygen atoms in total. The van der Waals surface area contributed by atoms with Crippen molar-refractivity contribution in [3.63, 3.8) is 0 Å². The Morgan fingerprint density at radius 2 is 1.52 bits per heavy atom. The highest BCUT2D eigenvalue weighted by molar-refractivity contribution is 5.96. The average molecular weight is 407 g/mol. The zero-order valence-corrected chi connectivity index (χ0v) is 17.5. The van der Waals surface area contributed by atoms with Gasteiger partial charge < -0.3 is 19.1 Å². The monoisotopic (exact) mass is 407 g/mol. The lowest BCUT2D eigenvalue weighted by molar-refractivity contribution is -0.127. The highest BCUT2D eigenvalue weighted by Gasteiger charge is 2.30. The van der Waals surface area contributed by atoms with E-state index in [0.717, 1.165) is 0 Å². The van der Waals surface area contributed by atoms with Crippen LogP contribution in [0, 0.1) is 5.92 Å². The van der Waals surface area contributed by atoms with E-state index in [1.807, 2.05) is 20.8 Å². The van der Waals surface area contributed by atoms with Crippen molar-refractivity contribution >= 4 is 17.9 Å². The molecule has 0 atom stereocenters. The number of nitrogens with zero attached hydrogens (tertiary/aromatic N) is 1. The van der Waals surface area contributed by atoms with Crippen LogP contribution in [0.3, 0.4) is 0 Å². The fraction of sp³-hybridized carbons (Fsp3) is 0.550. The smallest absolute Gasteiger partial charge is 0.410 e. The molecule has 1 aliphatic rings. The zero-order valence-electron chi connectivity index (χ0n) is 17.5. The van der Waals surface area contributed by atoms with Crippen LogP contribution in [0.25, 0.3) is 0 Å². The fourth-order valence-corrected chi connectivity index (χ4v) is 2.88. The van der Waals surface area contributed by atoms with Crippen LogP contribution in [0.2, 0.25) is 0 Å². The lowest BCUT2D eigenvalue weighted by atomic mass is 9.96. The van der Waals surface area contributed by atoms with Gasteiger partial charge in [0, 0.05) is 30.6 Å². The first-order valence-electron chi connectivity index (χ1n) is 9.44. The third-order valence-corrected chi connectivity index (χ3v) is 4.43. The van der Waals surface area contributed by atoms with Gasteiger partial charge in [0.2, 0.25) is 5.91 Å². The van der Waals surface area contributed by atoms with Crippen molar-refractivity contribution in [3.8, 4) is 11.5 Å². The molecule has 1 fully saturated rings. The Bertz CT molecular complexity index is 729. The van der Waals surface area contributed by atoms with Gasteiger partial charge in [0.05, 0.1) is 14.2 Å². The number of likely N-dealkylation sites (tertiary alicyclic amines) is 1. The third kappa shape index (κ3) is 6.55. The molecule has 1 aromatic rings. The molecule has 9 heteroatoms. The van der Waals surface area contributed by atoms with Crippen molar-refractivity contribution < 1.29 is 28.6 Å². The molecule has 0 bridgehead atoms. The number of methoxy groups -OCH3 is 2. The molecule has 3 amide bonds. The molecule has 1 aliphatic heterocycles. The van der Waals surface area contributed by atoms with Crippen LogP contribution < -0.4 is 20.3 Å². The maximum absolute atomic E-state index is 12.4. The van der Waals surface area contributed by atoms with Crippen molar-refractivity contribution in [3.05, 3.63) is 23.8 Å². The molecule has 0 radical (unpaired) electrons. The third-order valence-electron chi connectivity index (χ3n) is 4.43. The largest absolute Gasteiger partial charge is 0.497 e. The number of rotatable bonds is 4. The number of hydrazine groups is 1. The van der Waals surface area contributed by atoms with E-state index in [2.05, 4.69) is 10.9 Å². The number of ether oxygens (including phenoxy) is 3. The second-order valence-corrected chi connectivity index (χ2v) is 7.79. The Morgan fingerprint density at radius 3 is 2.00 bits per heavy atom. The van der Waals surface area contributed by atoms with Crippen LogP contribution in [0.1, 0.15) is 44.0 Å². The normalized spacial score (nSPS) is 14.7. The van der Waals surface area contributed by atoms with E-state index in [-0.39, 0.29) is 17.9 Å². The molecule has 2 N–H and O–H groups in total. The Balaban J connectivity index is 1.84. The number of benzene rings is 1. The van der Waals surface area contributed by atoms with Crippen molar-refractivity contribution in [1.29, 1.82) is 0 Å². The van der Waals surface area contributed by atoms with Gasteiger partial charge in [0.15, 0.2) is 0 Å². The number of nitrogens with one attached hydrogen (secondary N) is 2. The number of hydrogen-bond acceptors (Lipinski definition) is 6. The number of piperidine rings is 1. The minimum atomic E-state index is -0.557. The molecule has 0 aliphatic carbocycles. The molecule has 160 valence electrons. The average Bonchev–Trinajstić information content (AvgIpc) is 2.70. The summed E-state index contributed by atoms with van der Waals surface area (Å²) in [6.07, 6.45) is 0.610. The van der Waals surface area contributed by atoms with Crippen molar-refractivity contribution in [2.75, 3.05) is 27.3 Å². The molecule has 0 aromatic heterocycles. The fourth-order valence-electron chi connectivity index (χ4n) is 2.88. The van der Waals surface area contributed by atoms with Crippen molar-refractivity contribution in [2.45, 2.75) is 39.2 Å². The quantitative estimate of drug-likeness (QED) is 0.741. The lowest BCUT2D eigenvalue weighted by Gasteiger charge is -2.32. The molecule has 2 rings (SSSR count). The standard InChI is InChI=1S/C20H29N3O6/c1-20(2,3)29-19(26)23-8-6-13(7-9-23)17(24)21-22-18(25)14-10-15(27-4)12-16(11-14)28-5/h10-13H,6-9H2,1-5H3,(H,21,24)(H,22,25). The van der Waals surface area contributed by atoms with E-state index < -0.39 is 11.5 Å². The summed E-state index contributed by atoms with van der Waals surface area (Å²) in [5.41, 5.74) is 4.60.